The molecule has 0 aromatic heterocycles. The number of hydrogen-bond acceptors (Lipinski definition) is 3. The molecule has 0 aliphatic carbocycles. The van der Waals surface area contributed by atoms with E-state index in [1.807, 2.05) is 32.0 Å². The standard InChI is InChI=1S/C16H22N2O3/c1-11-4-5-12(2)14(8-11)18-10-13(9-15(18)19)16(20)17-6-7-21-3/h4-5,8,13H,6-7,9-10H2,1-3H3,(H,17,20). The Hall–Kier alpha value is -1.88. The Morgan fingerprint density at radius 3 is 2.90 bits per heavy atom. The van der Waals surface area contributed by atoms with Crippen molar-refractivity contribution in [2.75, 3.05) is 31.7 Å². The Bertz CT molecular complexity index is 542. The molecule has 1 aliphatic heterocycles. The molecule has 0 bridgehead atoms. The van der Waals surface area contributed by atoms with E-state index in [9.17, 15) is 9.59 Å². The van der Waals surface area contributed by atoms with Crippen LogP contribution in [0, 0.1) is 19.8 Å². The minimum atomic E-state index is -0.283. The molecule has 2 rings (SSSR count). The van der Waals surface area contributed by atoms with Gasteiger partial charge in [0.25, 0.3) is 0 Å². The lowest BCUT2D eigenvalue weighted by Gasteiger charge is -2.19. The van der Waals surface area contributed by atoms with Crippen molar-refractivity contribution in [3.8, 4) is 0 Å². The maximum atomic E-state index is 12.2. The molecule has 1 N–H and O–H groups in total. The fraction of sp³-hybridized carbons (Fsp3) is 0.500. The number of anilines is 1. The number of nitrogens with zero attached hydrogens (tertiary/aromatic N) is 1. The van der Waals surface area contributed by atoms with E-state index >= 15 is 0 Å². The monoisotopic (exact) mass is 290 g/mol. The van der Waals surface area contributed by atoms with E-state index in [2.05, 4.69) is 5.32 Å². The van der Waals surface area contributed by atoms with Gasteiger partial charge in [-0.2, -0.15) is 0 Å². The van der Waals surface area contributed by atoms with Crippen LogP contribution >= 0.6 is 0 Å². The third-order valence-corrected chi connectivity index (χ3v) is 3.76. The van der Waals surface area contributed by atoms with E-state index in [-0.39, 0.29) is 24.2 Å². The van der Waals surface area contributed by atoms with E-state index in [0.717, 1.165) is 16.8 Å². The van der Waals surface area contributed by atoms with Crippen LogP contribution in [-0.4, -0.2) is 38.6 Å². The SMILES string of the molecule is COCCNC(=O)C1CC(=O)N(c2cc(C)ccc2C)C1. The molecule has 1 unspecified atom stereocenters. The largest absolute Gasteiger partial charge is 0.383 e. The van der Waals surface area contributed by atoms with Crippen molar-refractivity contribution in [1.29, 1.82) is 0 Å². The number of carbonyl (C=O) groups excluding carboxylic acids is 2. The molecule has 1 fully saturated rings. The summed E-state index contributed by atoms with van der Waals surface area (Å²) in [5, 5.41) is 2.80. The lowest BCUT2D eigenvalue weighted by atomic mass is 10.1. The molecule has 1 atom stereocenters. The molecule has 1 aromatic carbocycles. The number of nitrogens with one attached hydrogen (secondary N) is 1. The minimum absolute atomic E-state index is 0.00981. The number of carbonyl (C=O) groups is 2. The number of amides is 2. The van der Waals surface area contributed by atoms with E-state index in [1.165, 1.54) is 0 Å². The molecular formula is C16H22N2O3. The number of aryl methyl sites for hydroxylation is 2. The van der Waals surface area contributed by atoms with Crippen molar-refractivity contribution in [1.82, 2.24) is 5.32 Å². The number of methoxy groups -OCH3 is 1. The van der Waals surface area contributed by atoms with Crippen LogP contribution in [0.5, 0.6) is 0 Å². The van der Waals surface area contributed by atoms with E-state index in [0.29, 0.717) is 19.7 Å². The summed E-state index contributed by atoms with van der Waals surface area (Å²) in [6, 6.07) is 6.02. The number of hydrogen-bond donors (Lipinski definition) is 1. The zero-order chi connectivity index (χ0) is 15.4. The second-order valence-corrected chi connectivity index (χ2v) is 5.48. The van der Waals surface area contributed by atoms with E-state index < -0.39 is 0 Å². The van der Waals surface area contributed by atoms with Gasteiger partial charge in [-0.1, -0.05) is 12.1 Å². The maximum Gasteiger partial charge on any atom is 0.227 e. The maximum absolute atomic E-state index is 12.2. The van der Waals surface area contributed by atoms with Crippen LogP contribution in [0.2, 0.25) is 0 Å². The van der Waals surface area contributed by atoms with Gasteiger partial charge in [-0.25, -0.2) is 0 Å². The number of rotatable bonds is 5. The highest BCUT2D eigenvalue weighted by atomic mass is 16.5. The molecule has 5 nitrogen and oxygen atoms in total. The summed E-state index contributed by atoms with van der Waals surface area (Å²) in [5.41, 5.74) is 3.07. The van der Waals surface area contributed by atoms with Gasteiger partial charge in [0.2, 0.25) is 11.8 Å². The average molecular weight is 290 g/mol. The van der Waals surface area contributed by atoms with Gasteiger partial charge in [0.05, 0.1) is 12.5 Å². The third-order valence-electron chi connectivity index (χ3n) is 3.76. The van der Waals surface area contributed by atoms with Crippen molar-refractivity contribution in [3.05, 3.63) is 29.3 Å². The van der Waals surface area contributed by atoms with Gasteiger partial charge in [-0.05, 0) is 31.0 Å². The predicted molar refractivity (Wildman–Crippen MR) is 81.3 cm³/mol. The van der Waals surface area contributed by atoms with Gasteiger partial charge in [0.1, 0.15) is 0 Å². The molecule has 1 heterocycles. The smallest absolute Gasteiger partial charge is 0.227 e. The fourth-order valence-corrected chi connectivity index (χ4v) is 2.55. The third kappa shape index (κ3) is 3.61. The van der Waals surface area contributed by atoms with Crippen LogP contribution in [0.4, 0.5) is 5.69 Å². The topological polar surface area (TPSA) is 58.6 Å². The Kier molecular flexibility index (Phi) is 4.96. The van der Waals surface area contributed by atoms with Crippen LogP contribution in [0.3, 0.4) is 0 Å². The molecule has 0 spiro atoms. The first-order valence-corrected chi connectivity index (χ1v) is 7.17. The Morgan fingerprint density at radius 1 is 1.43 bits per heavy atom. The van der Waals surface area contributed by atoms with Crippen LogP contribution in [0.25, 0.3) is 0 Å². The van der Waals surface area contributed by atoms with Gasteiger partial charge >= 0.3 is 0 Å². The average Bonchev–Trinajstić information content (AvgIpc) is 2.84. The quantitative estimate of drug-likeness (QED) is 0.834. The first-order chi connectivity index (χ1) is 10.0. The lowest BCUT2D eigenvalue weighted by Crippen LogP contribution is -2.34. The second-order valence-electron chi connectivity index (χ2n) is 5.48. The first kappa shape index (κ1) is 15.5. The molecule has 2 amide bonds. The molecule has 0 saturated carbocycles. The fourth-order valence-electron chi connectivity index (χ4n) is 2.55. The summed E-state index contributed by atoms with van der Waals surface area (Å²) in [7, 11) is 1.59. The highest BCUT2D eigenvalue weighted by Gasteiger charge is 2.35. The van der Waals surface area contributed by atoms with Gasteiger partial charge < -0.3 is 15.0 Å². The summed E-state index contributed by atoms with van der Waals surface area (Å²) in [4.78, 5) is 26.0. The van der Waals surface area contributed by atoms with Gasteiger partial charge in [-0.3, -0.25) is 9.59 Å². The molecular weight excluding hydrogens is 268 g/mol. The van der Waals surface area contributed by atoms with Crippen LogP contribution < -0.4 is 10.2 Å². The molecule has 1 aromatic rings. The Labute approximate surface area is 125 Å². The highest BCUT2D eigenvalue weighted by Crippen LogP contribution is 2.28. The molecule has 1 saturated heterocycles. The molecule has 21 heavy (non-hydrogen) atoms. The van der Waals surface area contributed by atoms with E-state index in [1.54, 1.807) is 12.0 Å². The summed E-state index contributed by atoms with van der Waals surface area (Å²) in [5.74, 6) is -0.349. The van der Waals surface area contributed by atoms with Gasteiger partial charge in [0, 0.05) is 32.3 Å². The molecule has 114 valence electrons. The molecule has 0 radical (unpaired) electrons. The summed E-state index contributed by atoms with van der Waals surface area (Å²) in [6.07, 6.45) is 0.270. The van der Waals surface area contributed by atoms with Crippen LogP contribution in [0.15, 0.2) is 18.2 Å². The number of ether oxygens (including phenoxy) is 1. The second kappa shape index (κ2) is 6.72. The zero-order valence-corrected chi connectivity index (χ0v) is 12.8. The van der Waals surface area contributed by atoms with Crippen molar-refractivity contribution >= 4 is 17.5 Å². The van der Waals surface area contributed by atoms with E-state index in [4.69, 9.17) is 4.74 Å². The summed E-state index contributed by atoms with van der Waals surface area (Å²) in [6.45, 7) is 5.38. The molecule has 5 heteroatoms. The normalized spacial score (nSPS) is 18.1. The summed E-state index contributed by atoms with van der Waals surface area (Å²) >= 11 is 0. The van der Waals surface area contributed by atoms with Crippen molar-refractivity contribution in [3.63, 3.8) is 0 Å². The Morgan fingerprint density at radius 2 is 2.19 bits per heavy atom. The van der Waals surface area contributed by atoms with Crippen molar-refractivity contribution in [2.45, 2.75) is 20.3 Å². The predicted octanol–water partition coefficient (Wildman–Crippen LogP) is 1.42. The zero-order valence-electron chi connectivity index (χ0n) is 12.8. The summed E-state index contributed by atoms with van der Waals surface area (Å²) < 4.78 is 4.90. The van der Waals surface area contributed by atoms with Crippen LogP contribution in [-0.2, 0) is 14.3 Å². The van der Waals surface area contributed by atoms with Crippen molar-refractivity contribution < 1.29 is 14.3 Å². The Balaban J connectivity index is 2.05. The number of benzene rings is 1. The van der Waals surface area contributed by atoms with Gasteiger partial charge in [-0.15, -0.1) is 0 Å². The van der Waals surface area contributed by atoms with Crippen LogP contribution in [0.1, 0.15) is 17.5 Å². The highest BCUT2D eigenvalue weighted by molar-refractivity contribution is 6.00. The minimum Gasteiger partial charge on any atom is -0.383 e. The van der Waals surface area contributed by atoms with Gasteiger partial charge in [0.15, 0.2) is 0 Å². The van der Waals surface area contributed by atoms with Crippen molar-refractivity contribution in [2.24, 2.45) is 5.92 Å². The lowest BCUT2D eigenvalue weighted by molar-refractivity contribution is -0.126. The first-order valence-electron chi connectivity index (χ1n) is 7.17. The molecule has 1 aliphatic rings.